The van der Waals surface area contributed by atoms with Gasteiger partial charge in [-0.25, -0.2) is 0 Å². The van der Waals surface area contributed by atoms with E-state index in [1.165, 1.54) is 0 Å². The van der Waals surface area contributed by atoms with Crippen molar-refractivity contribution in [3.63, 3.8) is 0 Å². The van der Waals surface area contributed by atoms with Crippen LogP contribution in [0.1, 0.15) is 6.42 Å². The summed E-state index contributed by atoms with van der Waals surface area (Å²) < 4.78 is 10.4. The van der Waals surface area contributed by atoms with Gasteiger partial charge in [0.15, 0.2) is 0 Å². The summed E-state index contributed by atoms with van der Waals surface area (Å²) in [5.74, 6) is 0.639. The summed E-state index contributed by atoms with van der Waals surface area (Å²) in [5.41, 5.74) is 0. The van der Waals surface area contributed by atoms with Crippen molar-refractivity contribution in [1.82, 2.24) is 5.32 Å². The molecule has 3 nitrogen and oxygen atoms in total. The number of hydrogen-bond acceptors (Lipinski definition) is 3. The molecule has 2 atom stereocenters. The molecule has 1 fully saturated rings. The van der Waals surface area contributed by atoms with Crippen molar-refractivity contribution < 1.29 is 9.47 Å². The summed E-state index contributed by atoms with van der Waals surface area (Å²) in [4.78, 5) is 0. The monoisotopic (exact) mass is 159 g/mol. The number of hydrogen-bond donors (Lipinski definition) is 1. The molecule has 1 aliphatic heterocycles. The van der Waals surface area contributed by atoms with Crippen LogP contribution in [0.25, 0.3) is 0 Å². The van der Waals surface area contributed by atoms with Gasteiger partial charge in [-0.3, -0.25) is 0 Å². The second-order valence-electron chi connectivity index (χ2n) is 2.97. The zero-order chi connectivity index (χ0) is 8.10. The third-order valence-electron chi connectivity index (χ3n) is 2.25. The van der Waals surface area contributed by atoms with Crippen LogP contribution < -0.4 is 5.32 Å². The van der Waals surface area contributed by atoms with Gasteiger partial charge in [0.1, 0.15) is 0 Å². The Balaban J connectivity index is 2.27. The van der Waals surface area contributed by atoms with Crippen molar-refractivity contribution in [2.24, 2.45) is 5.92 Å². The smallest absolute Gasteiger partial charge is 0.0619 e. The van der Waals surface area contributed by atoms with Gasteiger partial charge in [-0.15, -0.1) is 0 Å². The molecule has 0 aliphatic carbocycles. The highest BCUT2D eigenvalue weighted by molar-refractivity contribution is 4.77. The third kappa shape index (κ3) is 2.43. The fourth-order valence-electron chi connectivity index (χ4n) is 1.50. The fourth-order valence-corrected chi connectivity index (χ4v) is 1.50. The van der Waals surface area contributed by atoms with E-state index in [1.54, 1.807) is 7.11 Å². The molecule has 1 N–H and O–H groups in total. The Labute approximate surface area is 68.1 Å². The van der Waals surface area contributed by atoms with Gasteiger partial charge in [0.2, 0.25) is 0 Å². The molecular weight excluding hydrogens is 142 g/mol. The maximum absolute atomic E-state index is 5.29. The van der Waals surface area contributed by atoms with Crippen LogP contribution in [0.3, 0.4) is 0 Å². The molecule has 0 spiro atoms. The highest BCUT2D eigenvalue weighted by Gasteiger charge is 2.23. The van der Waals surface area contributed by atoms with Crippen molar-refractivity contribution in [2.75, 3.05) is 34.0 Å². The summed E-state index contributed by atoms with van der Waals surface area (Å²) in [6.07, 6.45) is 1.16. The van der Waals surface area contributed by atoms with Crippen LogP contribution >= 0.6 is 0 Å². The Hall–Kier alpha value is -0.120. The maximum Gasteiger partial charge on any atom is 0.0619 e. The molecule has 3 heteroatoms. The van der Waals surface area contributed by atoms with E-state index in [9.17, 15) is 0 Å². The summed E-state index contributed by atoms with van der Waals surface area (Å²) in [6.45, 7) is 2.58. The summed E-state index contributed by atoms with van der Waals surface area (Å²) in [6, 6.07) is 0.461. The van der Waals surface area contributed by atoms with E-state index in [0.717, 1.165) is 26.2 Å². The number of rotatable bonds is 4. The van der Waals surface area contributed by atoms with Crippen molar-refractivity contribution in [3.8, 4) is 0 Å². The van der Waals surface area contributed by atoms with E-state index >= 15 is 0 Å². The van der Waals surface area contributed by atoms with Gasteiger partial charge >= 0.3 is 0 Å². The van der Waals surface area contributed by atoms with Gasteiger partial charge in [0.25, 0.3) is 0 Å². The number of likely N-dealkylation sites (N-methyl/N-ethyl adjacent to an activating group) is 1. The molecule has 0 aromatic rings. The van der Waals surface area contributed by atoms with Gasteiger partial charge in [-0.2, -0.15) is 0 Å². The van der Waals surface area contributed by atoms with Crippen LogP contribution in [0.4, 0.5) is 0 Å². The van der Waals surface area contributed by atoms with Gasteiger partial charge in [0, 0.05) is 25.7 Å². The maximum atomic E-state index is 5.29. The molecule has 0 amide bonds. The highest BCUT2D eigenvalue weighted by Crippen LogP contribution is 2.16. The minimum atomic E-state index is 0.461. The van der Waals surface area contributed by atoms with Crippen LogP contribution in [0, 0.1) is 5.92 Å². The largest absolute Gasteiger partial charge is 0.383 e. The molecule has 2 unspecified atom stereocenters. The van der Waals surface area contributed by atoms with Crippen LogP contribution in [-0.4, -0.2) is 40.0 Å². The van der Waals surface area contributed by atoms with Crippen LogP contribution in [0.2, 0.25) is 0 Å². The lowest BCUT2D eigenvalue weighted by Crippen LogP contribution is -2.37. The Bertz CT molecular complexity index is 102. The van der Waals surface area contributed by atoms with E-state index in [-0.39, 0.29) is 0 Å². The standard InChI is InChI=1S/C8H17NO2/c1-9-8(6-10-2)7-3-4-11-5-7/h7-9H,3-6H2,1-2H3. The first-order valence-electron chi connectivity index (χ1n) is 4.12. The van der Waals surface area contributed by atoms with Gasteiger partial charge < -0.3 is 14.8 Å². The summed E-state index contributed by atoms with van der Waals surface area (Å²) in [7, 11) is 3.71. The quantitative estimate of drug-likeness (QED) is 0.638. The van der Waals surface area contributed by atoms with Crippen molar-refractivity contribution in [3.05, 3.63) is 0 Å². The zero-order valence-corrected chi connectivity index (χ0v) is 7.30. The summed E-state index contributed by atoms with van der Waals surface area (Å²) >= 11 is 0. The third-order valence-corrected chi connectivity index (χ3v) is 2.25. The van der Waals surface area contributed by atoms with E-state index in [1.807, 2.05) is 7.05 Å². The predicted octanol–water partition coefficient (Wildman–Crippen LogP) is 0.257. The molecule has 1 rings (SSSR count). The second kappa shape index (κ2) is 4.70. The Morgan fingerprint density at radius 3 is 3.00 bits per heavy atom. The van der Waals surface area contributed by atoms with E-state index in [2.05, 4.69) is 5.32 Å². The van der Waals surface area contributed by atoms with Crippen molar-refractivity contribution in [2.45, 2.75) is 12.5 Å². The highest BCUT2D eigenvalue weighted by atomic mass is 16.5. The predicted molar refractivity (Wildman–Crippen MR) is 43.6 cm³/mol. The summed E-state index contributed by atoms with van der Waals surface area (Å²) in [5, 5.41) is 3.24. The minimum Gasteiger partial charge on any atom is -0.383 e. The first-order valence-corrected chi connectivity index (χ1v) is 4.12. The molecule has 11 heavy (non-hydrogen) atoms. The van der Waals surface area contributed by atoms with E-state index < -0.39 is 0 Å². The van der Waals surface area contributed by atoms with Crippen molar-refractivity contribution >= 4 is 0 Å². The van der Waals surface area contributed by atoms with Crippen LogP contribution in [0.15, 0.2) is 0 Å². The van der Waals surface area contributed by atoms with Crippen LogP contribution in [-0.2, 0) is 9.47 Å². The Morgan fingerprint density at radius 2 is 2.55 bits per heavy atom. The molecule has 0 bridgehead atoms. The number of ether oxygens (including phenoxy) is 2. The minimum absolute atomic E-state index is 0.461. The molecule has 66 valence electrons. The average Bonchev–Trinajstić information content (AvgIpc) is 2.52. The lowest BCUT2D eigenvalue weighted by molar-refractivity contribution is 0.128. The lowest BCUT2D eigenvalue weighted by atomic mass is 10.0. The Kier molecular flexibility index (Phi) is 3.83. The first kappa shape index (κ1) is 8.97. The molecule has 0 saturated carbocycles. The molecule has 0 radical (unpaired) electrons. The first-order chi connectivity index (χ1) is 5.38. The zero-order valence-electron chi connectivity index (χ0n) is 7.30. The van der Waals surface area contributed by atoms with Gasteiger partial charge in [-0.05, 0) is 13.5 Å². The molecule has 1 saturated heterocycles. The second-order valence-corrected chi connectivity index (χ2v) is 2.97. The molecule has 0 aromatic carbocycles. The van der Waals surface area contributed by atoms with Gasteiger partial charge in [0.05, 0.1) is 13.2 Å². The van der Waals surface area contributed by atoms with E-state index in [0.29, 0.717) is 12.0 Å². The average molecular weight is 159 g/mol. The van der Waals surface area contributed by atoms with Crippen molar-refractivity contribution in [1.29, 1.82) is 0 Å². The Morgan fingerprint density at radius 1 is 1.73 bits per heavy atom. The molecule has 1 heterocycles. The number of methoxy groups -OCH3 is 1. The normalized spacial score (nSPS) is 27.3. The number of nitrogens with one attached hydrogen (secondary N) is 1. The SMILES string of the molecule is CNC(COC)C1CCOC1. The van der Waals surface area contributed by atoms with E-state index in [4.69, 9.17) is 9.47 Å². The molecular formula is C8H17NO2. The molecule has 0 aromatic heterocycles. The lowest BCUT2D eigenvalue weighted by Gasteiger charge is -2.20. The van der Waals surface area contributed by atoms with Crippen LogP contribution in [0.5, 0.6) is 0 Å². The van der Waals surface area contributed by atoms with Gasteiger partial charge in [-0.1, -0.05) is 0 Å². The topological polar surface area (TPSA) is 30.5 Å². The fraction of sp³-hybridized carbons (Fsp3) is 1.00. The molecule has 1 aliphatic rings.